The van der Waals surface area contributed by atoms with Crippen molar-refractivity contribution < 1.29 is 21.6 Å². The van der Waals surface area contributed by atoms with E-state index in [1.54, 1.807) is 6.92 Å². The number of rotatable bonds is 3. The Balaban J connectivity index is 2.20. The number of alkyl halides is 3. The van der Waals surface area contributed by atoms with Crippen LogP contribution in [0.25, 0.3) is 0 Å². The minimum atomic E-state index is -4.47. The first-order chi connectivity index (χ1) is 9.70. The Morgan fingerprint density at radius 2 is 2.10 bits per heavy atom. The number of sulfonamides is 1. The second-order valence-corrected chi connectivity index (χ2v) is 7.04. The van der Waals surface area contributed by atoms with Crippen LogP contribution in [0.5, 0.6) is 0 Å². The van der Waals surface area contributed by atoms with Gasteiger partial charge in [-0.05, 0) is 18.6 Å². The first kappa shape index (κ1) is 16.3. The molecule has 118 valence electrons. The van der Waals surface area contributed by atoms with Crippen molar-refractivity contribution in [2.75, 3.05) is 19.6 Å². The standard InChI is InChI=1S/C13H17F3N2O2S/c1-10-8-17-5-6-18(10)21(19,20)9-11-3-2-4-12(7-11)13(14,15)16/h2-4,7,10,17H,5-6,8-9H2,1H3/t10-/m1/s1. The van der Waals surface area contributed by atoms with E-state index in [2.05, 4.69) is 5.32 Å². The van der Waals surface area contributed by atoms with Gasteiger partial charge in [0.15, 0.2) is 0 Å². The molecule has 0 bridgehead atoms. The Kier molecular flexibility index (Phi) is 4.60. The van der Waals surface area contributed by atoms with Gasteiger partial charge < -0.3 is 5.32 Å². The summed E-state index contributed by atoms with van der Waals surface area (Å²) in [5.74, 6) is -0.415. The van der Waals surface area contributed by atoms with Crippen LogP contribution in [0.1, 0.15) is 18.1 Å². The molecule has 0 unspecified atom stereocenters. The molecule has 1 aromatic rings. The predicted octanol–water partition coefficient (Wildman–Crippen LogP) is 1.83. The zero-order valence-electron chi connectivity index (χ0n) is 11.5. The zero-order chi connectivity index (χ0) is 15.7. The Hall–Kier alpha value is -1.12. The Morgan fingerprint density at radius 3 is 2.71 bits per heavy atom. The molecular formula is C13H17F3N2O2S. The molecule has 1 atom stereocenters. The second kappa shape index (κ2) is 5.94. The van der Waals surface area contributed by atoms with Crippen molar-refractivity contribution in [1.82, 2.24) is 9.62 Å². The normalized spacial score (nSPS) is 21.4. The van der Waals surface area contributed by atoms with Crippen molar-refractivity contribution in [1.29, 1.82) is 0 Å². The molecule has 0 aliphatic carbocycles. The summed E-state index contributed by atoms with van der Waals surface area (Å²) in [6, 6.07) is 4.26. The van der Waals surface area contributed by atoms with Gasteiger partial charge in [0.25, 0.3) is 0 Å². The summed E-state index contributed by atoms with van der Waals surface area (Å²) in [6.07, 6.45) is -4.47. The fraction of sp³-hybridized carbons (Fsp3) is 0.538. The van der Waals surface area contributed by atoms with Gasteiger partial charge in [0, 0.05) is 25.7 Å². The molecule has 8 heteroatoms. The number of halogens is 3. The van der Waals surface area contributed by atoms with Crippen molar-refractivity contribution in [2.45, 2.75) is 24.9 Å². The quantitative estimate of drug-likeness (QED) is 0.924. The van der Waals surface area contributed by atoms with Gasteiger partial charge >= 0.3 is 6.18 Å². The van der Waals surface area contributed by atoms with Crippen LogP contribution in [0.2, 0.25) is 0 Å². The van der Waals surface area contributed by atoms with E-state index < -0.39 is 27.5 Å². The van der Waals surface area contributed by atoms with Crippen molar-refractivity contribution >= 4 is 10.0 Å². The molecule has 4 nitrogen and oxygen atoms in total. The van der Waals surface area contributed by atoms with E-state index in [4.69, 9.17) is 0 Å². The van der Waals surface area contributed by atoms with Crippen LogP contribution in [-0.2, 0) is 22.0 Å². The molecule has 0 radical (unpaired) electrons. The van der Waals surface area contributed by atoms with Crippen LogP contribution >= 0.6 is 0 Å². The van der Waals surface area contributed by atoms with Gasteiger partial charge in [-0.3, -0.25) is 0 Å². The van der Waals surface area contributed by atoms with Gasteiger partial charge in [-0.1, -0.05) is 18.2 Å². The fourth-order valence-corrected chi connectivity index (χ4v) is 4.13. The largest absolute Gasteiger partial charge is 0.416 e. The van der Waals surface area contributed by atoms with E-state index >= 15 is 0 Å². The third kappa shape index (κ3) is 3.96. The van der Waals surface area contributed by atoms with E-state index in [1.165, 1.54) is 16.4 Å². The van der Waals surface area contributed by atoms with E-state index in [0.717, 1.165) is 12.1 Å². The number of nitrogens with zero attached hydrogens (tertiary/aromatic N) is 1. The number of nitrogens with one attached hydrogen (secondary N) is 1. The third-order valence-electron chi connectivity index (χ3n) is 3.40. The molecule has 0 amide bonds. The molecular weight excluding hydrogens is 305 g/mol. The third-order valence-corrected chi connectivity index (χ3v) is 5.36. The summed E-state index contributed by atoms with van der Waals surface area (Å²) in [7, 11) is -3.62. The zero-order valence-corrected chi connectivity index (χ0v) is 12.3. The summed E-state index contributed by atoms with van der Waals surface area (Å²) in [4.78, 5) is 0. The van der Waals surface area contributed by atoms with E-state index in [0.29, 0.717) is 19.6 Å². The van der Waals surface area contributed by atoms with E-state index in [9.17, 15) is 21.6 Å². The molecule has 1 aromatic carbocycles. The lowest BCUT2D eigenvalue weighted by molar-refractivity contribution is -0.137. The average molecular weight is 322 g/mol. The molecule has 21 heavy (non-hydrogen) atoms. The highest BCUT2D eigenvalue weighted by Gasteiger charge is 2.32. The van der Waals surface area contributed by atoms with Gasteiger partial charge in [0.05, 0.1) is 11.3 Å². The highest BCUT2D eigenvalue weighted by molar-refractivity contribution is 7.88. The highest BCUT2D eigenvalue weighted by Crippen LogP contribution is 2.30. The monoisotopic (exact) mass is 322 g/mol. The van der Waals surface area contributed by atoms with Gasteiger partial charge in [0.2, 0.25) is 10.0 Å². The smallest absolute Gasteiger partial charge is 0.314 e. The number of hydrogen-bond acceptors (Lipinski definition) is 3. The lowest BCUT2D eigenvalue weighted by Gasteiger charge is -2.32. The number of benzene rings is 1. The van der Waals surface area contributed by atoms with Crippen molar-refractivity contribution in [3.05, 3.63) is 35.4 Å². The summed E-state index contributed by atoms with van der Waals surface area (Å²) >= 11 is 0. The second-order valence-electron chi connectivity index (χ2n) is 5.12. The van der Waals surface area contributed by atoms with Crippen molar-refractivity contribution in [3.8, 4) is 0 Å². The maximum Gasteiger partial charge on any atom is 0.416 e. The molecule has 1 aliphatic rings. The summed E-state index contributed by atoms with van der Waals surface area (Å²) in [5.41, 5.74) is -0.681. The molecule has 2 rings (SSSR count). The summed E-state index contributed by atoms with van der Waals surface area (Å²) < 4.78 is 64.0. The molecule has 1 fully saturated rings. The predicted molar refractivity (Wildman–Crippen MR) is 73.1 cm³/mol. The Bertz CT molecular complexity index is 602. The number of piperazine rings is 1. The molecule has 0 saturated carbocycles. The maximum atomic E-state index is 12.6. The van der Waals surface area contributed by atoms with Crippen LogP contribution < -0.4 is 5.32 Å². The van der Waals surface area contributed by atoms with Gasteiger partial charge in [0.1, 0.15) is 0 Å². The SMILES string of the molecule is C[C@@H]1CNCCN1S(=O)(=O)Cc1cccc(C(F)(F)F)c1. The van der Waals surface area contributed by atoms with Crippen LogP contribution in [0.4, 0.5) is 13.2 Å². The van der Waals surface area contributed by atoms with Crippen LogP contribution in [0, 0.1) is 0 Å². The van der Waals surface area contributed by atoms with E-state index in [1.807, 2.05) is 0 Å². The highest BCUT2D eigenvalue weighted by atomic mass is 32.2. The van der Waals surface area contributed by atoms with Crippen LogP contribution in [-0.4, -0.2) is 38.4 Å². The van der Waals surface area contributed by atoms with Crippen molar-refractivity contribution in [3.63, 3.8) is 0 Å². The molecule has 1 aliphatic heterocycles. The Labute approximate surface area is 122 Å². The molecule has 1 heterocycles. The summed E-state index contributed by atoms with van der Waals surface area (Å²) in [6.45, 7) is 3.20. The van der Waals surface area contributed by atoms with Gasteiger partial charge in [-0.15, -0.1) is 0 Å². The lowest BCUT2D eigenvalue weighted by Crippen LogP contribution is -2.52. The molecule has 1 saturated heterocycles. The number of hydrogen-bond donors (Lipinski definition) is 1. The van der Waals surface area contributed by atoms with Crippen LogP contribution in [0.3, 0.4) is 0 Å². The van der Waals surface area contributed by atoms with Crippen LogP contribution in [0.15, 0.2) is 24.3 Å². The first-order valence-corrected chi connectivity index (χ1v) is 8.17. The minimum Gasteiger partial charge on any atom is -0.314 e. The van der Waals surface area contributed by atoms with Crippen molar-refractivity contribution in [2.24, 2.45) is 0 Å². The average Bonchev–Trinajstić information content (AvgIpc) is 2.37. The Morgan fingerprint density at radius 1 is 1.38 bits per heavy atom. The fourth-order valence-electron chi connectivity index (χ4n) is 2.37. The first-order valence-electron chi connectivity index (χ1n) is 6.56. The lowest BCUT2D eigenvalue weighted by atomic mass is 10.1. The molecule has 0 aromatic heterocycles. The summed E-state index contributed by atoms with van der Waals surface area (Å²) in [5, 5.41) is 3.07. The molecule has 0 spiro atoms. The maximum absolute atomic E-state index is 12.6. The topological polar surface area (TPSA) is 49.4 Å². The van der Waals surface area contributed by atoms with E-state index in [-0.39, 0.29) is 11.6 Å². The minimum absolute atomic E-state index is 0.149. The van der Waals surface area contributed by atoms with Gasteiger partial charge in [-0.2, -0.15) is 17.5 Å². The molecule has 1 N–H and O–H groups in total. The van der Waals surface area contributed by atoms with Gasteiger partial charge in [-0.25, -0.2) is 8.42 Å².